The third-order valence-corrected chi connectivity index (χ3v) is 7.02. The molecule has 1 heterocycles. The fourth-order valence-electron chi connectivity index (χ4n) is 5.18. The van der Waals surface area contributed by atoms with E-state index >= 15 is 0 Å². The Morgan fingerprint density at radius 2 is 1.60 bits per heavy atom. The Labute approximate surface area is 206 Å². The third kappa shape index (κ3) is 4.63. The molecule has 1 aliphatic heterocycles. The van der Waals surface area contributed by atoms with Crippen molar-refractivity contribution >= 4 is 17.6 Å². The number of benzene rings is 4. The summed E-state index contributed by atoms with van der Waals surface area (Å²) in [6.45, 7) is 0.569. The normalized spacial score (nSPS) is 20.3. The van der Waals surface area contributed by atoms with E-state index < -0.39 is 0 Å². The summed E-state index contributed by atoms with van der Waals surface area (Å²) in [5.74, 6) is 1.91. The molecule has 172 valence electrons. The summed E-state index contributed by atoms with van der Waals surface area (Å²) in [6, 6.07) is 35.9. The van der Waals surface area contributed by atoms with E-state index in [0.717, 1.165) is 29.0 Å². The van der Waals surface area contributed by atoms with E-state index in [4.69, 9.17) is 4.74 Å². The van der Waals surface area contributed by atoms with Crippen LogP contribution < -0.4 is 10.1 Å². The quantitative estimate of drug-likeness (QED) is 0.237. The fraction of sp³-hybridized carbons (Fsp3) is 0.156. The molecule has 0 aromatic heterocycles. The Morgan fingerprint density at radius 1 is 0.829 bits per heavy atom. The monoisotopic (exact) mass is 456 g/mol. The van der Waals surface area contributed by atoms with Gasteiger partial charge in [0.05, 0.1) is 11.7 Å². The molecule has 0 spiro atoms. The topological polar surface area (TPSA) is 33.6 Å². The largest absolute Gasteiger partial charge is 0.489 e. The molecule has 4 aromatic rings. The zero-order chi connectivity index (χ0) is 23.5. The van der Waals surface area contributed by atoms with Crippen molar-refractivity contribution in [3.8, 4) is 5.75 Å². The average Bonchev–Trinajstić information content (AvgIpc) is 3.42. The number of hydrogen-bond acceptors (Lipinski definition) is 3. The van der Waals surface area contributed by atoms with Crippen LogP contribution in [0.2, 0.25) is 0 Å². The second-order valence-electron chi connectivity index (χ2n) is 9.26. The number of allylic oxidation sites excluding steroid dienone is 2. The molecule has 1 N–H and O–H groups in total. The zero-order valence-corrected chi connectivity index (χ0v) is 19.5. The Hall–Kier alpha value is -4.11. The first kappa shape index (κ1) is 21.4. The molecule has 0 amide bonds. The van der Waals surface area contributed by atoms with Crippen LogP contribution in [-0.4, -0.2) is 6.21 Å². The summed E-state index contributed by atoms with van der Waals surface area (Å²) >= 11 is 0. The Kier molecular flexibility index (Phi) is 5.90. The summed E-state index contributed by atoms with van der Waals surface area (Å²) in [5, 5.41) is 3.80. The van der Waals surface area contributed by atoms with Crippen LogP contribution in [0.3, 0.4) is 0 Å². The second kappa shape index (κ2) is 9.63. The highest BCUT2D eigenvalue weighted by Crippen LogP contribution is 2.49. The van der Waals surface area contributed by atoms with E-state index in [2.05, 4.69) is 83.1 Å². The number of para-hydroxylation sites is 1. The molecule has 0 unspecified atom stereocenters. The van der Waals surface area contributed by atoms with E-state index in [9.17, 15) is 0 Å². The molecule has 0 bridgehead atoms. The van der Waals surface area contributed by atoms with Crippen LogP contribution in [-0.2, 0) is 6.61 Å². The SMILES string of the molecule is C1=C[C@@H]2c3ccccc3N[C@H](c3ccc(N=Cc4ccc(OCc5ccccc5)cc4)cc3)[C@H]2C1. The molecule has 0 saturated carbocycles. The summed E-state index contributed by atoms with van der Waals surface area (Å²) < 4.78 is 5.88. The van der Waals surface area contributed by atoms with Crippen molar-refractivity contribution in [2.24, 2.45) is 10.9 Å². The Morgan fingerprint density at radius 3 is 2.43 bits per heavy atom. The second-order valence-corrected chi connectivity index (χ2v) is 9.26. The molecule has 6 rings (SSSR count). The lowest BCUT2D eigenvalue weighted by Crippen LogP contribution is -2.28. The molecule has 1 aliphatic carbocycles. The standard InChI is InChI=1S/C32H28N2O/c1-2-7-24(8-3-1)22-35-27-19-13-23(14-20-27)21-33-26-17-15-25(16-18-26)32-30-11-6-10-28(30)29-9-4-5-12-31(29)34-32/h1-10,12-21,28,30,32,34H,11,22H2/t28-,30+,32-/m1/s1. The summed E-state index contributed by atoms with van der Waals surface area (Å²) in [4.78, 5) is 4.69. The zero-order valence-electron chi connectivity index (χ0n) is 19.5. The van der Waals surface area contributed by atoms with Gasteiger partial charge in [-0.25, -0.2) is 0 Å². The molecule has 2 aliphatic rings. The van der Waals surface area contributed by atoms with Crippen LogP contribution in [0.15, 0.2) is 120 Å². The lowest BCUT2D eigenvalue weighted by Gasteiger charge is -2.37. The molecule has 0 fully saturated rings. The van der Waals surface area contributed by atoms with Gasteiger partial charge in [0.25, 0.3) is 0 Å². The van der Waals surface area contributed by atoms with Gasteiger partial charge in [-0.3, -0.25) is 4.99 Å². The van der Waals surface area contributed by atoms with Crippen LogP contribution in [0.5, 0.6) is 5.75 Å². The molecule has 0 saturated heterocycles. The third-order valence-electron chi connectivity index (χ3n) is 7.02. The predicted octanol–water partition coefficient (Wildman–Crippen LogP) is 7.84. The van der Waals surface area contributed by atoms with Gasteiger partial charge in [0.1, 0.15) is 12.4 Å². The number of ether oxygens (including phenoxy) is 1. The minimum Gasteiger partial charge on any atom is -0.489 e. The summed E-state index contributed by atoms with van der Waals surface area (Å²) in [6.07, 6.45) is 7.74. The average molecular weight is 457 g/mol. The lowest BCUT2D eigenvalue weighted by molar-refractivity contribution is 0.306. The minimum atomic E-state index is 0.311. The van der Waals surface area contributed by atoms with E-state index in [-0.39, 0.29) is 0 Å². The van der Waals surface area contributed by atoms with Gasteiger partial charge in [-0.05, 0) is 77.1 Å². The summed E-state index contributed by atoms with van der Waals surface area (Å²) in [5.41, 5.74) is 7.15. The first-order chi connectivity index (χ1) is 17.3. The molecular formula is C32H28N2O. The molecule has 3 heteroatoms. The maximum Gasteiger partial charge on any atom is 0.119 e. The van der Waals surface area contributed by atoms with Gasteiger partial charge in [0, 0.05) is 17.8 Å². The molecule has 3 nitrogen and oxygen atoms in total. The number of nitrogens with zero attached hydrogens (tertiary/aromatic N) is 1. The smallest absolute Gasteiger partial charge is 0.119 e. The number of hydrogen-bond donors (Lipinski definition) is 1. The van der Waals surface area contributed by atoms with E-state index in [1.165, 1.54) is 16.8 Å². The van der Waals surface area contributed by atoms with Crippen LogP contribution in [0.1, 0.15) is 40.6 Å². The maximum absolute atomic E-state index is 5.88. The van der Waals surface area contributed by atoms with Crippen LogP contribution in [0.25, 0.3) is 0 Å². The van der Waals surface area contributed by atoms with Gasteiger partial charge >= 0.3 is 0 Å². The van der Waals surface area contributed by atoms with Crippen molar-refractivity contribution < 1.29 is 4.74 Å². The first-order valence-electron chi connectivity index (χ1n) is 12.3. The first-order valence-corrected chi connectivity index (χ1v) is 12.3. The van der Waals surface area contributed by atoms with Crippen LogP contribution in [0, 0.1) is 5.92 Å². The fourth-order valence-corrected chi connectivity index (χ4v) is 5.18. The van der Waals surface area contributed by atoms with Crippen molar-refractivity contribution in [1.29, 1.82) is 0 Å². The van der Waals surface area contributed by atoms with E-state index in [0.29, 0.717) is 24.5 Å². The lowest BCUT2D eigenvalue weighted by atomic mass is 9.77. The van der Waals surface area contributed by atoms with Gasteiger partial charge in [-0.2, -0.15) is 0 Å². The molecule has 35 heavy (non-hydrogen) atoms. The highest BCUT2D eigenvalue weighted by Gasteiger charge is 2.37. The van der Waals surface area contributed by atoms with Crippen molar-refractivity contribution in [3.63, 3.8) is 0 Å². The minimum absolute atomic E-state index is 0.311. The van der Waals surface area contributed by atoms with Gasteiger partial charge in [-0.15, -0.1) is 0 Å². The Bertz CT molecular complexity index is 1340. The van der Waals surface area contributed by atoms with Crippen molar-refractivity contribution in [1.82, 2.24) is 0 Å². The Balaban J connectivity index is 1.11. The van der Waals surface area contributed by atoms with Crippen LogP contribution >= 0.6 is 0 Å². The predicted molar refractivity (Wildman–Crippen MR) is 144 cm³/mol. The molecule has 3 atom stereocenters. The molecule has 4 aromatic carbocycles. The van der Waals surface area contributed by atoms with Crippen molar-refractivity contribution in [2.45, 2.75) is 25.0 Å². The van der Waals surface area contributed by atoms with Gasteiger partial charge in [0.15, 0.2) is 0 Å². The number of fused-ring (bicyclic) bond motifs is 3. The van der Waals surface area contributed by atoms with E-state index in [1.54, 1.807) is 0 Å². The molecular weight excluding hydrogens is 428 g/mol. The number of rotatable bonds is 6. The molecule has 0 radical (unpaired) electrons. The maximum atomic E-state index is 5.88. The van der Waals surface area contributed by atoms with Gasteiger partial charge in [-0.1, -0.05) is 72.8 Å². The number of aliphatic imine (C=N–C) groups is 1. The van der Waals surface area contributed by atoms with E-state index in [1.807, 2.05) is 48.7 Å². The highest BCUT2D eigenvalue weighted by atomic mass is 16.5. The highest BCUT2D eigenvalue weighted by molar-refractivity contribution is 5.82. The van der Waals surface area contributed by atoms with Gasteiger partial charge < -0.3 is 10.1 Å². The number of nitrogens with one attached hydrogen (secondary N) is 1. The van der Waals surface area contributed by atoms with Gasteiger partial charge in [0.2, 0.25) is 0 Å². The van der Waals surface area contributed by atoms with Crippen LogP contribution in [0.4, 0.5) is 11.4 Å². The number of anilines is 1. The van der Waals surface area contributed by atoms with Crippen molar-refractivity contribution in [2.75, 3.05) is 5.32 Å². The van der Waals surface area contributed by atoms with Crippen molar-refractivity contribution in [3.05, 3.63) is 138 Å². The summed E-state index contributed by atoms with van der Waals surface area (Å²) in [7, 11) is 0.